The molecule has 0 aliphatic carbocycles. The van der Waals surface area contributed by atoms with Gasteiger partial charge < -0.3 is 14.6 Å². The minimum atomic E-state index is -0.568. The van der Waals surface area contributed by atoms with E-state index in [1.807, 2.05) is 4.90 Å². The van der Waals surface area contributed by atoms with E-state index in [0.717, 1.165) is 32.4 Å². The standard InChI is InChI=1S/C22H20N2O4/c25-18-14-20(28-19-11-5-3-9-16(18)19)21(26)23-17-10-4-2-8-15(17)22(27)24-12-6-1-7-13-24/h2-5,8-11,14H,1,6-7,12-13H2,(H,23,26). The van der Waals surface area contributed by atoms with Crippen LogP contribution in [0.15, 0.2) is 63.8 Å². The summed E-state index contributed by atoms with van der Waals surface area (Å²) >= 11 is 0. The number of benzene rings is 2. The highest BCUT2D eigenvalue weighted by molar-refractivity contribution is 6.08. The Morgan fingerprint density at radius 2 is 1.64 bits per heavy atom. The Labute approximate surface area is 161 Å². The van der Waals surface area contributed by atoms with Gasteiger partial charge in [0.05, 0.1) is 16.6 Å². The maximum atomic E-state index is 12.9. The molecule has 3 aromatic rings. The highest BCUT2D eigenvalue weighted by Crippen LogP contribution is 2.21. The molecule has 1 aromatic heterocycles. The summed E-state index contributed by atoms with van der Waals surface area (Å²) in [7, 11) is 0. The second-order valence-corrected chi connectivity index (χ2v) is 6.82. The van der Waals surface area contributed by atoms with E-state index < -0.39 is 5.91 Å². The number of para-hydroxylation sites is 2. The first-order valence-electron chi connectivity index (χ1n) is 9.36. The number of fused-ring (bicyclic) bond motifs is 1. The van der Waals surface area contributed by atoms with Crippen LogP contribution in [0.5, 0.6) is 0 Å². The summed E-state index contributed by atoms with van der Waals surface area (Å²) < 4.78 is 5.59. The van der Waals surface area contributed by atoms with E-state index >= 15 is 0 Å². The fourth-order valence-electron chi connectivity index (χ4n) is 3.45. The monoisotopic (exact) mass is 376 g/mol. The van der Waals surface area contributed by atoms with E-state index in [-0.39, 0.29) is 17.1 Å². The number of carbonyl (C=O) groups excluding carboxylic acids is 2. The van der Waals surface area contributed by atoms with Crippen molar-refractivity contribution >= 4 is 28.5 Å². The molecular formula is C22H20N2O4. The van der Waals surface area contributed by atoms with Crippen molar-refractivity contribution in [3.63, 3.8) is 0 Å². The van der Waals surface area contributed by atoms with Crippen molar-refractivity contribution in [1.29, 1.82) is 0 Å². The van der Waals surface area contributed by atoms with Crippen LogP contribution >= 0.6 is 0 Å². The molecule has 6 nitrogen and oxygen atoms in total. The maximum Gasteiger partial charge on any atom is 0.291 e. The van der Waals surface area contributed by atoms with Gasteiger partial charge >= 0.3 is 0 Å². The summed E-state index contributed by atoms with van der Waals surface area (Å²) in [5.41, 5.74) is 0.891. The summed E-state index contributed by atoms with van der Waals surface area (Å²) in [6.07, 6.45) is 3.11. The summed E-state index contributed by atoms with van der Waals surface area (Å²) in [6.45, 7) is 1.45. The molecule has 4 rings (SSSR count). The molecule has 2 heterocycles. The first-order valence-corrected chi connectivity index (χ1v) is 9.36. The van der Waals surface area contributed by atoms with E-state index in [1.165, 1.54) is 6.07 Å². The van der Waals surface area contributed by atoms with Gasteiger partial charge in [-0.05, 0) is 43.5 Å². The van der Waals surface area contributed by atoms with E-state index in [9.17, 15) is 14.4 Å². The zero-order valence-electron chi connectivity index (χ0n) is 15.3. The number of nitrogens with zero attached hydrogens (tertiary/aromatic N) is 1. The van der Waals surface area contributed by atoms with Crippen molar-refractivity contribution in [2.45, 2.75) is 19.3 Å². The minimum absolute atomic E-state index is 0.0936. The van der Waals surface area contributed by atoms with Crippen LogP contribution in [0.3, 0.4) is 0 Å². The Morgan fingerprint density at radius 3 is 2.46 bits per heavy atom. The topological polar surface area (TPSA) is 79.6 Å². The molecule has 0 saturated carbocycles. The molecule has 1 saturated heterocycles. The molecule has 1 N–H and O–H groups in total. The Balaban J connectivity index is 1.62. The average molecular weight is 376 g/mol. The van der Waals surface area contributed by atoms with Crippen molar-refractivity contribution in [1.82, 2.24) is 4.90 Å². The summed E-state index contributed by atoms with van der Waals surface area (Å²) in [6, 6.07) is 14.8. The number of likely N-dealkylation sites (tertiary alicyclic amines) is 1. The van der Waals surface area contributed by atoms with Gasteiger partial charge in [-0.15, -0.1) is 0 Å². The number of anilines is 1. The molecule has 0 radical (unpaired) electrons. The van der Waals surface area contributed by atoms with Crippen LogP contribution in [-0.2, 0) is 0 Å². The lowest BCUT2D eigenvalue weighted by atomic mass is 10.1. The third kappa shape index (κ3) is 3.53. The predicted molar refractivity (Wildman–Crippen MR) is 107 cm³/mol. The number of rotatable bonds is 3. The maximum absolute atomic E-state index is 12.9. The molecule has 142 valence electrons. The second kappa shape index (κ2) is 7.68. The predicted octanol–water partition coefficient (Wildman–Crippen LogP) is 3.67. The van der Waals surface area contributed by atoms with Crippen molar-refractivity contribution in [3.05, 3.63) is 76.1 Å². The third-order valence-corrected chi connectivity index (χ3v) is 4.91. The normalized spacial score (nSPS) is 14.1. The van der Waals surface area contributed by atoms with E-state index in [1.54, 1.807) is 48.5 Å². The Hall–Kier alpha value is -3.41. The molecule has 0 spiro atoms. The van der Waals surface area contributed by atoms with Crippen LogP contribution in [0.25, 0.3) is 11.0 Å². The average Bonchev–Trinajstić information content (AvgIpc) is 2.74. The lowest BCUT2D eigenvalue weighted by Crippen LogP contribution is -2.36. The first-order chi connectivity index (χ1) is 13.6. The molecule has 0 atom stereocenters. The van der Waals surface area contributed by atoms with Crippen LogP contribution in [0.4, 0.5) is 5.69 Å². The molecule has 0 bridgehead atoms. The Kier molecular flexibility index (Phi) is 4.93. The molecule has 6 heteroatoms. The van der Waals surface area contributed by atoms with Gasteiger partial charge in [0.1, 0.15) is 5.58 Å². The van der Waals surface area contributed by atoms with Gasteiger partial charge in [0.2, 0.25) is 0 Å². The number of nitrogens with one attached hydrogen (secondary N) is 1. The van der Waals surface area contributed by atoms with E-state index in [0.29, 0.717) is 22.2 Å². The molecule has 2 aromatic carbocycles. The summed E-state index contributed by atoms with van der Waals surface area (Å²) in [4.78, 5) is 39.6. The number of carbonyl (C=O) groups is 2. The van der Waals surface area contributed by atoms with Gasteiger partial charge in [-0.2, -0.15) is 0 Å². The number of hydrogen-bond acceptors (Lipinski definition) is 4. The molecule has 28 heavy (non-hydrogen) atoms. The van der Waals surface area contributed by atoms with Crippen molar-refractivity contribution in [2.24, 2.45) is 0 Å². The van der Waals surface area contributed by atoms with Crippen LogP contribution < -0.4 is 10.7 Å². The molecule has 1 fully saturated rings. The Bertz CT molecular complexity index is 1100. The largest absolute Gasteiger partial charge is 0.451 e. The lowest BCUT2D eigenvalue weighted by molar-refractivity contribution is 0.0725. The van der Waals surface area contributed by atoms with Gasteiger partial charge in [0, 0.05) is 19.2 Å². The van der Waals surface area contributed by atoms with Crippen LogP contribution in [0, 0.1) is 0 Å². The lowest BCUT2D eigenvalue weighted by Gasteiger charge is -2.27. The highest BCUT2D eigenvalue weighted by atomic mass is 16.3. The van der Waals surface area contributed by atoms with Gasteiger partial charge in [0.15, 0.2) is 11.2 Å². The fraction of sp³-hybridized carbons (Fsp3) is 0.227. The fourth-order valence-corrected chi connectivity index (χ4v) is 3.45. The molecule has 1 aliphatic heterocycles. The smallest absolute Gasteiger partial charge is 0.291 e. The van der Waals surface area contributed by atoms with Gasteiger partial charge in [0.25, 0.3) is 11.8 Å². The van der Waals surface area contributed by atoms with Crippen molar-refractivity contribution < 1.29 is 14.0 Å². The van der Waals surface area contributed by atoms with Crippen LogP contribution in [-0.4, -0.2) is 29.8 Å². The first kappa shape index (κ1) is 18.0. The van der Waals surface area contributed by atoms with E-state index in [2.05, 4.69) is 5.32 Å². The summed E-state index contributed by atoms with van der Waals surface area (Å²) in [5.74, 6) is -0.763. The molecule has 0 unspecified atom stereocenters. The van der Waals surface area contributed by atoms with Gasteiger partial charge in [-0.1, -0.05) is 24.3 Å². The summed E-state index contributed by atoms with van der Waals surface area (Å²) in [5, 5.41) is 3.14. The zero-order valence-corrected chi connectivity index (χ0v) is 15.3. The van der Waals surface area contributed by atoms with Gasteiger partial charge in [-0.25, -0.2) is 0 Å². The van der Waals surface area contributed by atoms with Crippen molar-refractivity contribution in [3.8, 4) is 0 Å². The zero-order chi connectivity index (χ0) is 19.5. The van der Waals surface area contributed by atoms with E-state index in [4.69, 9.17) is 4.42 Å². The number of piperidine rings is 1. The van der Waals surface area contributed by atoms with Crippen molar-refractivity contribution in [2.75, 3.05) is 18.4 Å². The second-order valence-electron chi connectivity index (χ2n) is 6.82. The quantitative estimate of drug-likeness (QED) is 0.756. The van der Waals surface area contributed by atoms with Crippen LogP contribution in [0.2, 0.25) is 0 Å². The molecular weight excluding hydrogens is 356 g/mol. The number of hydrogen-bond donors (Lipinski definition) is 1. The van der Waals surface area contributed by atoms with Gasteiger partial charge in [-0.3, -0.25) is 14.4 Å². The number of amides is 2. The SMILES string of the molecule is O=C(Nc1ccccc1C(=O)N1CCCCC1)c1cc(=O)c2ccccc2o1. The van der Waals surface area contributed by atoms with Crippen LogP contribution in [0.1, 0.15) is 40.2 Å². The molecule has 1 aliphatic rings. The Morgan fingerprint density at radius 1 is 0.929 bits per heavy atom. The molecule has 2 amide bonds. The highest BCUT2D eigenvalue weighted by Gasteiger charge is 2.22. The minimum Gasteiger partial charge on any atom is -0.451 e. The third-order valence-electron chi connectivity index (χ3n) is 4.91.